The molecule has 0 saturated heterocycles. The maximum atomic E-state index is 12.7. The van der Waals surface area contributed by atoms with Crippen LogP contribution in [0.1, 0.15) is 12.0 Å². The van der Waals surface area contributed by atoms with Crippen LogP contribution in [0.25, 0.3) is 0 Å². The van der Waals surface area contributed by atoms with E-state index in [1.54, 1.807) is 0 Å². The first-order valence-corrected chi connectivity index (χ1v) is 6.13. The number of aromatic nitrogens is 1. The van der Waals surface area contributed by atoms with E-state index in [1.807, 2.05) is 0 Å². The molecule has 0 atom stereocenters. The van der Waals surface area contributed by atoms with Gasteiger partial charge in [0.2, 0.25) is 5.88 Å². The minimum atomic E-state index is -5.38. The zero-order chi connectivity index (χ0) is 16.6. The van der Waals surface area contributed by atoms with Crippen molar-refractivity contribution >= 4 is 15.7 Å². The second-order valence-corrected chi connectivity index (χ2v) is 4.83. The molecule has 0 aliphatic heterocycles. The van der Waals surface area contributed by atoms with E-state index in [9.17, 15) is 40.5 Å². The second-order valence-electron chi connectivity index (χ2n) is 3.35. The van der Waals surface area contributed by atoms with Crippen LogP contribution in [0.5, 0.6) is 5.88 Å². The first-order valence-electron chi connectivity index (χ1n) is 4.59. The first kappa shape index (κ1) is 17.0. The molecular weight excluding hydrogens is 333 g/mol. The standard InChI is InChI=1S/C7H4F5N3O5S/c8-5(9)2-1-3(20-7(10,11)12)14-6(21(13,18)19)4(2)15(16)17/h1,5H,(H2,13,18,19). The molecule has 1 heterocycles. The molecule has 1 rings (SSSR count). The summed E-state index contributed by atoms with van der Waals surface area (Å²) in [5.41, 5.74) is -3.35. The van der Waals surface area contributed by atoms with Crippen LogP contribution < -0.4 is 9.88 Å². The Hall–Kier alpha value is -2.09. The quantitative estimate of drug-likeness (QED) is 0.504. The molecule has 0 bridgehead atoms. The number of nitrogens with two attached hydrogens (primary N) is 1. The third kappa shape index (κ3) is 4.19. The van der Waals surface area contributed by atoms with Crippen LogP contribution in [0.2, 0.25) is 0 Å². The highest BCUT2D eigenvalue weighted by Gasteiger charge is 2.37. The number of sulfonamides is 1. The fraction of sp³-hybridized carbons (Fsp3) is 0.286. The van der Waals surface area contributed by atoms with E-state index in [2.05, 4.69) is 14.9 Å². The van der Waals surface area contributed by atoms with Crippen LogP contribution in [0.3, 0.4) is 0 Å². The van der Waals surface area contributed by atoms with E-state index in [1.165, 1.54) is 0 Å². The van der Waals surface area contributed by atoms with Crippen molar-refractivity contribution in [3.8, 4) is 5.88 Å². The molecule has 0 unspecified atom stereocenters. The summed E-state index contributed by atoms with van der Waals surface area (Å²) in [6.45, 7) is 0. The molecule has 21 heavy (non-hydrogen) atoms. The van der Waals surface area contributed by atoms with Crippen molar-refractivity contribution in [3.05, 3.63) is 21.7 Å². The fourth-order valence-corrected chi connectivity index (χ4v) is 1.91. The number of pyridine rings is 1. The number of ether oxygens (including phenoxy) is 1. The molecule has 1 aromatic rings. The Morgan fingerprint density at radius 2 is 1.90 bits per heavy atom. The van der Waals surface area contributed by atoms with Gasteiger partial charge in [0.15, 0.2) is 0 Å². The summed E-state index contributed by atoms with van der Waals surface area (Å²) in [4.78, 5) is 11.8. The van der Waals surface area contributed by atoms with Gasteiger partial charge < -0.3 is 4.74 Å². The van der Waals surface area contributed by atoms with Gasteiger partial charge in [-0.05, 0) is 0 Å². The van der Waals surface area contributed by atoms with Gasteiger partial charge in [-0.25, -0.2) is 22.3 Å². The summed E-state index contributed by atoms with van der Waals surface area (Å²) >= 11 is 0. The predicted octanol–water partition coefficient (Wildman–Crippen LogP) is 1.47. The first-order chi connectivity index (χ1) is 9.33. The van der Waals surface area contributed by atoms with Gasteiger partial charge in [0.25, 0.3) is 21.5 Å². The lowest BCUT2D eigenvalue weighted by Gasteiger charge is -2.11. The molecule has 0 radical (unpaired) electrons. The van der Waals surface area contributed by atoms with Crippen molar-refractivity contribution in [2.45, 2.75) is 17.8 Å². The summed E-state index contributed by atoms with van der Waals surface area (Å²) in [5.74, 6) is -1.62. The van der Waals surface area contributed by atoms with E-state index in [-0.39, 0.29) is 6.07 Å². The maximum Gasteiger partial charge on any atom is 0.574 e. The Labute approximate surface area is 112 Å². The van der Waals surface area contributed by atoms with Gasteiger partial charge in [0, 0.05) is 6.07 Å². The van der Waals surface area contributed by atoms with Gasteiger partial charge in [-0.1, -0.05) is 0 Å². The Morgan fingerprint density at radius 3 is 2.24 bits per heavy atom. The van der Waals surface area contributed by atoms with Gasteiger partial charge in [0.05, 0.1) is 4.92 Å². The number of primary sulfonamides is 1. The molecule has 0 spiro atoms. The summed E-state index contributed by atoms with van der Waals surface area (Å²) in [6, 6.07) is -0.0923. The van der Waals surface area contributed by atoms with Crippen molar-refractivity contribution < 1.29 is 40.0 Å². The molecule has 14 heteroatoms. The molecule has 0 saturated carbocycles. The third-order valence-corrected chi connectivity index (χ3v) is 2.70. The summed E-state index contributed by atoms with van der Waals surface area (Å²) < 4.78 is 86.7. The van der Waals surface area contributed by atoms with Gasteiger partial charge in [0.1, 0.15) is 5.56 Å². The Balaban J connectivity index is 3.70. The number of hydrogen-bond acceptors (Lipinski definition) is 6. The molecule has 0 aliphatic carbocycles. The fourth-order valence-electron chi connectivity index (χ4n) is 1.23. The summed E-state index contributed by atoms with van der Waals surface area (Å²) in [7, 11) is -5.05. The number of alkyl halides is 5. The lowest BCUT2D eigenvalue weighted by atomic mass is 10.2. The van der Waals surface area contributed by atoms with Crippen LogP contribution in [0.4, 0.5) is 27.6 Å². The Morgan fingerprint density at radius 1 is 1.38 bits per heavy atom. The zero-order valence-corrected chi connectivity index (χ0v) is 10.3. The normalized spacial score (nSPS) is 12.5. The molecule has 0 aliphatic rings. The monoisotopic (exact) mass is 337 g/mol. The second kappa shape index (κ2) is 5.36. The van der Waals surface area contributed by atoms with Crippen molar-refractivity contribution in [1.82, 2.24) is 4.98 Å². The van der Waals surface area contributed by atoms with Crippen LogP contribution >= 0.6 is 0 Å². The molecule has 1 aromatic heterocycles. The van der Waals surface area contributed by atoms with Gasteiger partial charge >= 0.3 is 12.0 Å². The van der Waals surface area contributed by atoms with E-state index >= 15 is 0 Å². The van der Waals surface area contributed by atoms with Gasteiger partial charge in [-0.15, -0.1) is 13.2 Å². The SMILES string of the molecule is NS(=O)(=O)c1nc(OC(F)(F)F)cc(C(F)F)c1[N+](=O)[O-]. The van der Waals surface area contributed by atoms with Crippen LogP contribution in [-0.2, 0) is 10.0 Å². The minimum Gasteiger partial charge on any atom is -0.388 e. The minimum absolute atomic E-state index is 0.0923. The largest absolute Gasteiger partial charge is 0.574 e. The van der Waals surface area contributed by atoms with Gasteiger partial charge in [-0.2, -0.15) is 4.98 Å². The number of nitrogens with zero attached hydrogens (tertiary/aromatic N) is 2. The van der Waals surface area contributed by atoms with E-state index in [0.29, 0.717) is 0 Å². The highest BCUT2D eigenvalue weighted by Crippen LogP contribution is 2.36. The van der Waals surface area contributed by atoms with Crippen LogP contribution in [-0.4, -0.2) is 24.7 Å². The molecule has 0 fully saturated rings. The van der Waals surface area contributed by atoms with Crippen molar-refractivity contribution in [1.29, 1.82) is 0 Å². The van der Waals surface area contributed by atoms with Crippen molar-refractivity contribution in [2.24, 2.45) is 5.14 Å². The van der Waals surface area contributed by atoms with E-state index in [0.717, 1.165) is 0 Å². The van der Waals surface area contributed by atoms with Crippen LogP contribution in [0.15, 0.2) is 11.1 Å². The highest BCUT2D eigenvalue weighted by atomic mass is 32.2. The van der Waals surface area contributed by atoms with Crippen LogP contribution in [0, 0.1) is 10.1 Å². The molecule has 0 aromatic carbocycles. The number of nitro groups is 1. The lowest BCUT2D eigenvalue weighted by molar-refractivity contribution is -0.389. The molecule has 0 amide bonds. The average Bonchev–Trinajstić information content (AvgIpc) is 2.23. The number of rotatable bonds is 4. The number of hydrogen-bond donors (Lipinski definition) is 1. The van der Waals surface area contributed by atoms with E-state index < -0.39 is 49.9 Å². The molecule has 8 nitrogen and oxygen atoms in total. The summed E-state index contributed by atoms with van der Waals surface area (Å²) in [6.07, 6.45) is -9.04. The number of halogens is 5. The smallest absolute Gasteiger partial charge is 0.388 e. The maximum absolute atomic E-state index is 12.7. The van der Waals surface area contributed by atoms with Crippen molar-refractivity contribution in [3.63, 3.8) is 0 Å². The topological polar surface area (TPSA) is 125 Å². The van der Waals surface area contributed by atoms with E-state index in [4.69, 9.17) is 0 Å². The summed E-state index contributed by atoms with van der Waals surface area (Å²) in [5, 5.41) is 13.4. The molecular formula is C7H4F5N3O5S. The predicted molar refractivity (Wildman–Crippen MR) is 53.9 cm³/mol. The highest BCUT2D eigenvalue weighted by molar-refractivity contribution is 7.89. The Bertz CT molecular complexity index is 674. The van der Waals surface area contributed by atoms with Gasteiger partial charge in [-0.3, -0.25) is 10.1 Å². The molecule has 2 N–H and O–H groups in total. The average molecular weight is 337 g/mol. The Kier molecular flexibility index (Phi) is 4.33. The third-order valence-electron chi connectivity index (χ3n) is 1.87. The zero-order valence-electron chi connectivity index (χ0n) is 9.47. The molecule has 118 valence electrons. The lowest BCUT2D eigenvalue weighted by Crippen LogP contribution is -2.21. The van der Waals surface area contributed by atoms with Crippen molar-refractivity contribution in [2.75, 3.05) is 0 Å².